The molecule has 0 unspecified atom stereocenters. The molecule has 1 saturated heterocycles. The van der Waals surface area contributed by atoms with Crippen molar-refractivity contribution in [2.24, 2.45) is 4.99 Å². The summed E-state index contributed by atoms with van der Waals surface area (Å²) in [6, 6.07) is 12.6. The third kappa shape index (κ3) is 2.96. The molecule has 0 bridgehead atoms. The number of hydrogen-bond donors (Lipinski definition) is 1. The number of carboxylic acid groups (broad SMARTS) is 1. The largest absolute Gasteiger partial charge is 0.478 e. The number of nitrogens with zero attached hydrogens (tertiary/aromatic N) is 3. The molecular weight excluding hydrogens is 318 g/mol. The van der Waals surface area contributed by atoms with Crippen molar-refractivity contribution in [3.05, 3.63) is 53.6 Å². The van der Waals surface area contributed by atoms with Crippen LogP contribution in [0.15, 0.2) is 47.5 Å². The predicted molar refractivity (Wildman–Crippen MR) is 95.2 cm³/mol. The summed E-state index contributed by atoms with van der Waals surface area (Å²) < 4.78 is 6.03. The molecule has 2 heterocycles. The first kappa shape index (κ1) is 15.7. The number of fused-ring (bicyclic) bond motifs is 2. The first-order valence-corrected chi connectivity index (χ1v) is 8.28. The van der Waals surface area contributed by atoms with Crippen LogP contribution in [0, 0.1) is 0 Å². The van der Waals surface area contributed by atoms with Gasteiger partial charge in [0.2, 0.25) is 0 Å². The van der Waals surface area contributed by atoms with Gasteiger partial charge in [-0.3, -0.25) is 0 Å². The minimum absolute atomic E-state index is 0.204. The molecule has 2 aromatic carbocycles. The number of carboxylic acids is 1. The molecule has 1 N–H and O–H groups in total. The summed E-state index contributed by atoms with van der Waals surface area (Å²) in [5.74, 6) is 1.18. The summed E-state index contributed by atoms with van der Waals surface area (Å²) in [6.07, 6.45) is 0. The highest BCUT2D eigenvalue weighted by Crippen LogP contribution is 2.38. The minimum Gasteiger partial charge on any atom is -0.478 e. The Morgan fingerprint density at radius 1 is 1.08 bits per heavy atom. The van der Waals surface area contributed by atoms with Gasteiger partial charge in [-0.1, -0.05) is 12.1 Å². The molecule has 0 aliphatic carbocycles. The normalized spacial score (nSPS) is 17.0. The zero-order valence-corrected chi connectivity index (χ0v) is 14.0. The molecule has 2 aliphatic rings. The summed E-state index contributed by atoms with van der Waals surface area (Å²) in [4.78, 5) is 20.6. The summed E-state index contributed by atoms with van der Waals surface area (Å²) in [5, 5.41) is 9.27. The number of piperazine rings is 1. The van der Waals surface area contributed by atoms with E-state index in [2.05, 4.69) is 16.8 Å². The fraction of sp³-hybridized carbons (Fsp3) is 0.263. The van der Waals surface area contributed by atoms with E-state index < -0.39 is 5.97 Å². The van der Waals surface area contributed by atoms with Gasteiger partial charge in [0.25, 0.3) is 0 Å². The lowest BCUT2D eigenvalue weighted by molar-refractivity contribution is 0.0697. The van der Waals surface area contributed by atoms with E-state index in [1.165, 1.54) is 0 Å². The molecule has 128 valence electrons. The van der Waals surface area contributed by atoms with Crippen LogP contribution >= 0.6 is 0 Å². The van der Waals surface area contributed by atoms with E-state index in [9.17, 15) is 9.90 Å². The van der Waals surface area contributed by atoms with Crippen molar-refractivity contribution in [3.63, 3.8) is 0 Å². The smallest absolute Gasteiger partial charge is 0.335 e. The van der Waals surface area contributed by atoms with Gasteiger partial charge in [0.05, 0.1) is 11.1 Å². The summed E-state index contributed by atoms with van der Waals surface area (Å²) in [6.45, 7) is 3.67. The third-order valence-corrected chi connectivity index (χ3v) is 4.58. The van der Waals surface area contributed by atoms with E-state index in [4.69, 9.17) is 9.73 Å². The Bertz CT molecular complexity index is 855. The average Bonchev–Trinajstić information content (AvgIpc) is 2.78. The SMILES string of the molecule is CN1CCN(C2=Nc3cc(C(=O)O)ccc3Oc3ccccc32)CC1. The lowest BCUT2D eigenvalue weighted by Crippen LogP contribution is -2.47. The Balaban J connectivity index is 1.83. The Kier molecular flexibility index (Phi) is 3.89. The van der Waals surface area contributed by atoms with E-state index in [0.717, 1.165) is 43.3 Å². The molecule has 4 rings (SSSR count). The van der Waals surface area contributed by atoms with Crippen molar-refractivity contribution >= 4 is 17.5 Å². The molecule has 0 radical (unpaired) electrons. The van der Waals surface area contributed by atoms with E-state index in [1.54, 1.807) is 18.2 Å². The van der Waals surface area contributed by atoms with Crippen LogP contribution in [0.2, 0.25) is 0 Å². The second kappa shape index (κ2) is 6.22. The van der Waals surface area contributed by atoms with Gasteiger partial charge in [0.1, 0.15) is 17.3 Å². The Hall–Kier alpha value is -2.86. The summed E-state index contributed by atoms with van der Waals surface area (Å²) >= 11 is 0. The summed E-state index contributed by atoms with van der Waals surface area (Å²) in [5.41, 5.74) is 1.68. The number of rotatable bonds is 1. The lowest BCUT2D eigenvalue weighted by atomic mass is 10.1. The van der Waals surface area contributed by atoms with Crippen LogP contribution in [0.25, 0.3) is 0 Å². The average molecular weight is 337 g/mol. The molecule has 6 nitrogen and oxygen atoms in total. The molecule has 0 amide bonds. The number of benzene rings is 2. The fourth-order valence-electron chi connectivity index (χ4n) is 3.12. The zero-order valence-electron chi connectivity index (χ0n) is 14.0. The Labute approximate surface area is 146 Å². The molecule has 2 aliphatic heterocycles. The maximum Gasteiger partial charge on any atom is 0.335 e. The molecule has 0 saturated carbocycles. The molecule has 2 aromatic rings. The standard InChI is InChI=1S/C19H19N3O3/c1-21-8-10-22(11-9-21)18-14-4-2-3-5-16(14)25-17-7-6-13(19(23)24)12-15(17)20-18/h2-7,12H,8-11H2,1H3,(H,23,24). The highest BCUT2D eigenvalue weighted by molar-refractivity contribution is 6.04. The number of carbonyl (C=O) groups is 1. The topological polar surface area (TPSA) is 65.4 Å². The second-order valence-corrected chi connectivity index (χ2v) is 6.31. The van der Waals surface area contributed by atoms with Crippen LogP contribution in [0.3, 0.4) is 0 Å². The quantitative estimate of drug-likeness (QED) is 0.867. The van der Waals surface area contributed by atoms with Crippen molar-refractivity contribution in [2.75, 3.05) is 33.2 Å². The number of aliphatic imine (C=N–C) groups is 1. The first-order chi connectivity index (χ1) is 12.1. The number of aromatic carboxylic acids is 1. The van der Waals surface area contributed by atoms with E-state index in [1.807, 2.05) is 24.3 Å². The Morgan fingerprint density at radius 2 is 1.84 bits per heavy atom. The molecule has 25 heavy (non-hydrogen) atoms. The van der Waals surface area contributed by atoms with Crippen LogP contribution in [0.5, 0.6) is 11.5 Å². The summed E-state index contributed by atoms with van der Waals surface area (Å²) in [7, 11) is 2.11. The monoisotopic (exact) mass is 337 g/mol. The van der Waals surface area contributed by atoms with Crippen LogP contribution in [-0.2, 0) is 0 Å². The molecule has 0 aromatic heterocycles. The van der Waals surface area contributed by atoms with Crippen LogP contribution in [0.4, 0.5) is 5.69 Å². The highest BCUT2D eigenvalue weighted by Gasteiger charge is 2.25. The van der Waals surface area contributed by atoms with Crippen molar-refractivity contribution in [2.45, 2.75) is 0 Å². The third-order valence-electron chi connectivity index (χ3n) is 4.58. The van der Waals surface area contributed by atoms with Crippen molar-refractivity contribution in [3.8, 4) is 11.5 Å². The maximum atomic E-state index is 11.3. The van der Waals surface area contributed by atoms with Gasteiger partial charge in [-0.15, -0.1) is 0 Å². The van der Waals surface area contributed by atoms with Gasteiger partial charge in [0.15, 0.2) is 5.75 Å². The zero-order chi connectivity index (χ0) is 17.4. The fourth-order valence-corrected chi connectivity index (χ4v) is 3.12. The van der Waals surface area contributed by atoms with Gasteiger partial charge >= 0.3 is 5.97 Å². The van der Waals surface area contributed by atoms with Crippen LogP contribution in [0.1, 0.15) is 15.9 Å². The van der Waals surface area contributed by atoms with Gasteiger partial charge < -0.3 is 19.6 Å². The molecular formula is C19H19N3O3. The van der Waals surface area contributed by atoms with Gasteiger partial charge in [0, 0.05) is 26.2 Å². The van der Waals surface area contributed by atoms with Crippen LogP contribution in [-0.4, -0.2) is 59.9 Å². The van der Waals surface area contributed by atoms with Gasteiger partial charge in [-0.05, 0) is 37.4 Å². The molecule has 1 fully saturated rings. The minimum atomic E-state index is -0.971. The molecule has 6 heteroatoms. The highest BCUT2D eigenvalue weighted by atomic mass is 16.5. The van der Waals surface area contributed by atoms with Crippen molar-refractivity contribution in [1.82, 2.24) is 9.80 Å². The van der Waals surface area contributed by atoms with Gasteiger partial charge in [-0.2, -0.15) is 0 Å². The first-order valence-electron chi connectivity index (χ1n) is 8.28. The Morgan fingerprint density at radius 3 is 2.60 bits per heavy atom. The lowest BCUT2D eigenvalue weighted by Gasteiger charge is -2.34. The van der Waals surface area contributed by atoms with E-state index >= 15 is 0 Å². The molecule has 0 atom stereocenters. The van der Waals surface area contributed by atoms with E-state index in [0.29, 0.717) is 11.4 Å². The van der Waals surface area contributed by atoms with Crippen molar-refractivity contribution < 1.29 is 14.6 Å². The maximum absolute atomic E-state index is 11.3. The molecule has 0 spiro atoms. The van der Waals surface area contributed by atoms with Crippen molar-refractivity contribution in [1.29, 1.82) is 0 Å². The second-order valence-electron chi connectivity index (χ2n) is 6.31. The number of hydrogen-bond acceptors (Lipinski definition) is 5. The number of ether oxygens (including phenoxy) is 1. The number of para-hydroxylation sites is 1. The number of amidine groups is 1. The van der Waals surface area contributed by atoms with E-state index in [-0.39, 0.29) is 5.56 Å². The number of likely N-dealkylation sites (N-methyl/N-ethyl adjacent to an activating group) is 1. The van der Waals surface area contributed by atoms with Gasteiger partial charge in [-0.25, -0.2) is 9.79 Å². The van der Waals surface area contributed by atoms with Crippen LogP contribution < -0.4 is 4.74 Å². The predicted octanol–water partition coefficient (Wildman–Crippen LogP) is 2.82.